The van der Waals surface area contributed by atoms with Crippen molar-refractivity contribution in [1.82, 2.24) is 10.6 Å². The van der Waals surface area contributed by atoms with E-state index in [0.29, 0.717) is 0 Å². The zero-order valence-corrected chi connectivity index (χ0v) is 9.27. The van der Waals surface area contributed by atoms with E-state index in [0.717, 1.165) is 17.9 Å². The standard InChI is InChI=1S/C11H24N2/c1-9(2)6-11(12-3)7-10-4-5-13-8-10/h9-13H,4-8H2,1-3H3. The van der Waals surface area contributed by atoms with Crippen molar-refractivity contribution in [3.63, 3.8) is 0 Å². The molecule has 0 aliphatic carbocycles. The summed E-state index contributed by atoms with van der Waals surface area (Å²) in [5.74, 6) is 1.73. The Morgan fingerprint density at radius 3 is 2.69 bits per heavy atom. The first-order chi connectivity index (χ1) is 6.22. The molecule has 0 radical (unpaired) electrons. The van der Waals surface area contributed by atoms with Gasteiger partial charge in [-0.05, 0) is 51.2 Å². The van der Waals surface area contributed by atoms with Crippen LogP contribution in [0, 0.1) is 11.8 Å². The Labute approximate surface area is 82.5 Å². The van der Waals surface area contributed by atoms with Gasteiger partial charge in [-0.2, -0.15) is 0 Å². The van der Waals surface area contributed by atoms with E-state index in [2.05, 4.69) is 31.5 Å². The Kier molecular flexibility index (Phi) is 4.74. The van der Waals surface area contributed by atoms with Gasteiger partial charge in [0.25, 0.3) is 0 Å². The predicted molar refractivity (Wildman–Crippen MR) is 57.9 cm³/mol. The molecule has 0 saturated carbocycles. The lowest BCUT2D eigenvalue weighted by Gasteiger charge is -2.21. The SMILES string of the molecule is CNC(CC(C)C)CC1CCNC1. The lowest BCUT2D eigenvalue weighted by molar-refractivity contribution is 0.365. The molecule has 1 aliphatic rings. The van der Waals surface area contributed by atoms with E-state index in [1.165, 1.54) is 32.4 Å². The lowest BCUT2D eigenvalue weighted by Crippen LogP contribution is -2.30. The summed E-state index contributed by atoms with van der Waals surface area (Å²) >= 11 is 0. The van der Waals surface area contributed by atoms with Crippen molar-refractivity contribution in [1.29, 1.82) is 0 Å². The molecule has 13 heavy (non-hydrogen) atoms. The fourth-order valence-electron chi connectivity index (χ4n) is 2.22. The van der Waals surface area contributed by atoms with Gasteiger partial charge < -0.3 is 10.6 Å². The molecule has 2 heteroatoms. The van der Waals surface area contributed by atoms with Crippen molar-refractivity contribution in [2.24, 2.45) is 11.8 Å². The second-order valence-electron chi connectivity index (χ2n) is 4.71. The molecule has 1 aliphatic heterocycles. The molecule has 1 heterocycles. The van der Waals surface area contributed by atoms with Crippen LogP contribution >= 0.6 is 0 Å². The second kappa shape index (κ2) is 5.61. The molecular formula is C11H24N2. The molecule has 0 aromatic carbocycles. The molecule has 2 N–H and O–H groups in total. The van der Waals surface area contributed by atoms with Crippen LogP contribution in [0.15, 0.2) is 0 Å². The first-order valence-electron chi connectivity index (χ1n) is 5.60. The summed E-state index contributed by atoms with van der Waals surface area (Å²) in [6, 6.07) is 0.727. The van der Waals surface area contributed by atoms with Crippen molar-refractivity contribution >= 4 is 0 Å². The van der Waals surface area contributed by atoms with Crippen molar-refractivity contribution in [3.8, 4) is 0 Å². The van der Waals surface area contributed by atoms with Crippen molar-refractivity contribution < 1.29 is 0 Å². The lowest BCUT2D eigenvalue weighted by atomic mass is 9.93. The van der Waals surface area contributed by atoms with Crippen LogP contribution < -0.4 is 10.6 Å². The van der Waals surface area contributed by atoms with Crippen LogP contribution in [0.3, 0.4) is 0 Å². The van der Waals surface area contributed by atoms with Gasteiger partial charge in [-0.1, -0.05) is 13.8 Å². The van der Waals surface area contributed by atoms with Gasteiger partial charge in [-0.3, -0.25) is 0 Å². The molecule has 78 valence electrons. The molecule has 1 saturated heterocycles. The topological polar surface area (TPSA) is 24.1 Å². The zero-order chi connectivity index (χ0) is 9.68. The van der Waals surface area contributed by atoms with Crippen LogP contribution in [0.1, 0.15) is 33.1 Å². The van der Waals surface area contributed by atoms with E-state index in [1.807, 2.05) is 0 Å². The molecule has 0 aromatic heterocycles. The Balaban J connectivity index is 2.21. The second-order valence-corrected chi connectivity index (χ2v) is 4.71. The van der Waals surface area contributed by atoms with Crippen molar-refractivity contribution in [2.75, 3.05) is 20.1 Å². The molecule has 0 amide bonds. The summed E-state index contributed by atoms with van der Waals surface area (Å²) in [6.45, 7) is 7.06. The Morgan fingerprint density at radius 2 is 2.23 bits per heavy atom. The van der Waals surface area contributed by atoms with E-state index < -0.39 is 0 Å². The molecule has 2 atom stereocenters. The molecule has 2 unspecified atom stereocenters. The van der Waals surface area contributed by atoms with Crippen molar-refractivity contribution in [2.45, 2.75) is 39.2 Å². The van der Waals surface area contributed by atoms with Gasteiger partial charge in [0, 0.05) is 6.04 Å². The summed E-state index contributed by atoms with van der Waals surface area (Å²) in [4.78, 5) is 0. The summed E-state index contributed by atoms with van der Waals surface area (Å²) in [5.41, 5.74) is 0. The smallest absolute Gasteiger partial charge is 0.00696 e. The molecular weight excluding hydrogens is 160 g/mol. The zero-order valence-electron chi connectivity index (χ0n) is 9.27. The minimum Gasteiger partial charge on any atom is -0.317 e. The maximum atomic E-state index is 3.43. The molecule has 0 bridgehead atoms. The van der Waals surface area contributed by atoms with Gasteiger partial charge >= 0.3 is 0 Å². The number of rotatable bonds is 5. The third kappa shape index (κ3) is 4.10. The van der Waals surface area contributed by atoms with Gasteiger partial charge in [-0.15, -0.1) is 0 Å². The highest BCUT2D eigenvalue weighted by molar-refractivity contribution is 4.77. The van der Waals surface area contributed by atoms with Crippen LogP contribution in [0.2, 0.25) is 0 Å². The fourth-order valence-corrected chi connectivity index (χ4v) is 2.22. The Bertz CT molecular complexity index is 128. The quantitative estimate of drug-likeness (QED) is 0.678. The average Bonchev–Trinajstić information content (AvgIpc) is 2.55. The highest BCUT2D eigenvalue weighted by Gasteiger charge is 2.19. The molecule has 0 spiro atoms. The fraction of sp³-hybridized carbons (Fsp3) is 1.00. The monoisotopic (exact) mass is 184 g/mol. The number of hydrogen-bond acceptors (Lipinski definition) is 2. The summed E-state index contributed by atoms with van der Waals surface area (Å²) in [7, 11) is 2.09. The third-order valence-electron chi connectivity index (χ3n) is 2.94. The minimum atomic E-state index is 0.727. The van der Waals surface area contributed by atoms with Crippen LogP contribution in [0.4, 0.5) is 0 Å². The van der Waals surface area contributed by atoms with Crippen LogP contribution in [0.25, 0.3) is 0 Å². The molecule has 1 rings (SSSR count). The Hall–Kier alpha value is -0.0800. The average molecular weight is 184 g/mol. The first-order valence-corrected chi connectivity index (χ1v) is 5.60. The number of hydrogen-bond donors (Lipinski definition) is 2. The van der Waals surface area contributed by atoms with E-state index in [1.54, 1.807) is 0 Å². The predicted octanol–water partition coefficient (Wildman–Crippen LogP) is 1.62. The molecule has 1 fully saturated rings. The largest absolute Gasteiger partial charge is 0.317 e. The molecule has 2 nitrogen and oxygen atoms in total. The summed E-state index contributed by atoms with van der Waals surface area (Å²) in [6.07, 6.45) is 4.03. The van der Waals surface area contributed by atoms with Gasteiger partial charge in [0.05, 0.1) is 0 Å². The van der Waals surface area contributed by atoms with Crippen LogP contribution in [-0.2, 0) is 0 Å². The van der Waals surface area contributed by atoms with Gasteiger partial charge in [0.1, 0.15) is 0 Å². The third-order valence-corrected chi connectivity index (χ3v) is 2.94. The van der Waals surface area contributed by atoms with E-state index in [4.69, 9.17) is 0 Å². The van der Waals surface area contributed by atoms with Crippen molar-refractivity contribution in [3.05, 3.63) is 0 Å². The highest BCUT2D eigenvalue weighted by Crippen LogP contribution is 2.18. The van der Waals surface area contributed by atoms with Gasteiger partial charge in [-0.25, -0.2) is 0 Å². The van der Waals surface area contributed by atoms with Crippen LogP contribution in [0.5, 0.6) is 0 Å². The summed E-state index contributed by atoms with van der Waals surface area (Å²) in [5, 5.41) is 6.86. The highest BCUT2D eigenvalue weighted by atomic mass is 14.9. The van der Waals surface area contributed by atoms with E-state index in [-0.39, 0.29) is 0 Å². The van der Waals surface area contributed by atoms with Gasteiger partial charge in [0.15, 0.2) is 0 Å². The van der Waals surface area contributed by atoms with Gasteiger partial charge in [0.2, 0.25) is 0 Å². The minimum absolute atomic E-state index is 0.727. The van der Waals surface area contributed by atoms with E-state index >= 15 is 0 Å². The molecule has 0 aromatic rings. The Morgan fingerprint density at radius 1 is 1.46 bits per heavy atom. The number of nitrogens with one attached hydrogen (secondary N) is 2. The van der Waals surface area contributed by atoms with Crippen LogP contribution in [-0.4, -0.2) is 26.2 Å². The first kappa shape index (κ1) is 11.0. The summed E-state index contributed by atoms with van der Waals surface area (Å²) < 4.78 is 0. The normalized spacial score (nSPS) is 25.4. The maximum Gasteiger partial charge on any atom is 0.00696 e. The van der Waals surface area contributed by atoms with E-state index in [9.17, 15) is 0 Å². The maximum absolute atomic E-state index is 3.43.